The molecule has 6 nitrogen and oxygen atoms in total. The first-order valence-electron chi connectivity index (χ1n) is 7.29. The Morgan fingerprint density at radius 3 is 2.68 bits per heavy atom. The van der Waals surface area contributed by atoms with Crippen molar-refractivity contribution in [1.29, 1.82) is 5.26 Å². The summed E-state index contributed by atoms with van der Waals surface area (Å²) in [6, 6.07) is 15.9. The van der Waals surface area contributed by atoms with Gasteiger partial charge in [0.25, 0.3) is 0 Å². The number of aliphatic hydroxyl groups is 1. The summed E-state index contributed by atoms with van der Waals surface area (Å²) in [5, 5.41) is 19.5. The van der Waals surface area contributed by atoms with Crippen LogP contribution in [0, 0.1) is 11.3 Å². The molecule has 0 spiro atoms. The molecule has 0 saturated carbocycles. The molecule has 0 atom stereocenters. The maximum atomic E-state index is 12.1. The van der Waals surface area contributed by atoms with E-state index in [1.807, 2.05) is 24.3 Å². The summed E-state index contributed by atoms with van der Waals surface area (Å²) in [4.78, 5) is 19.3. The van der Waals surface area contributed by atoms with Crippen molar-refractivity contribution in [2.75, 3.05) is 6.61 Å². The van der Waals surface area contributed by atoms with E-state index in [-0.39, 0.29) is 17.2 Å². The van der Waals surface area contributed by atoms with E-state index in [2.05, 4.69) is 25.9 Å². The summed E-state index contributed by atoms with van der Waals surface area (Å²) in [7, 11) is 0. The molecule has 0 unspecified atom stereocenters. The van der Waals surface area contributed by atoms with E-state index in [0.29, 0.717) is 15.6 Å². The Morgan fingerprint density at radius 1 is 1.24 bits per heavy atom. The fourth-order valence-electron chi connectivity index (χ4n) is 2.24. The van der Waals surface area contributed by atoms with Gasteiger partial charge < -0.3 is 14.8 Å². The lowest BCUT2D eigenvalue weighted by atomic mass is 10.2. The number of nitriles is 1. The lowest BCUT2D eigenvalue weighted by molar-refractivity contribution is 0.0501. The number of nitrogens with zero attached hydrogens (tertiary/aromatic N) is 2. The van der Waals surface area contributed by atoms with Crippen LogP contribution in [0.15, 0.2) is 58.8 Å². The fourth-order valence-corrected chi connectivity index (χ4v) is 2.68. The largest absolute Gasteiger partial charge is 0.507 e. The molecule has 3 aromatic rings. The highest BCUT2D eigenvalue weighted by atomic mass is 79.9. The maximum Gasteiger partial charge on any atom is 0.339 e. The number of aliphatic hydroxyl groups excluding tert-OH is 1. The van der Waals surface area contributed by atoms with Gasteiger partial charge in [-0.1, -0.05) is 24.3 Å². The maximum absolute atomic E-state index is 12.1. The highest BCUT2D eigenvalue weighted by molar-refractivity contribution is 9.10. The van der Waals surface area contributed by atoms with Gasteiger partial charge in [-0.15, -0.1) is 0 Å². The molecule has 1 aromatic heterocycles. The van der Waals surface area contributed by atoms with E-state index < -0.39 is 12.6 Å². The smallest absolute Gasteiger partial charge is 0.339 e. The number of allylic oxidation sites excluding steroid dienone is 1. The zero-order chi connectivity index (χ0) is 17.8. The lowest BCUT2D eigenvalue weighted by Crippen LogP contribution is -2.10. The third-order valence-electron chi connectivity index (χ3n) is 3.46. The van der Waals surface area contributed by atoms with Crippen LogP contribution in [0.25, 0.3) is 16.6 Å². The van der Waals surface area contributed by atoms with E-state index in [4.69, 9.17) is 4.74 Å². The predicted octanol–water partition coefficient (Wildman–Crippen LogP) is 3.98. The van der Waals surface area contributed by atoms with E-state index in [9.17, 15) is 15.2 Å². The molecule has 0 amide bonds. The molecule has 7 heteroatoms. The van der Waals surface area contributed by atoms with Crippen molar-refractivity contribution in [3.8, 4) is 6.07 Å². The van der Waals surface area contributed by atoms with E-state index in [1.165, 1.54) is 0 Å². The van der Waals surface area contributed by atoms with Crippen LogP contribution in [0.3, 0.4) is 0 Å². The van der Waals surface area contributed by atoms with Gasteiger partial charge in [-0.2, -0.15) is 5.26 Å². The van der Waals surface area contributed by atoms with Gasteiger partial charge in [0, 0.05) is 4.47 Å². The quantitative estimate of drug-likeness (QED) is 0.394. The molecule has 124 valence electrons. The molecule has 0 aliphatic heterocycles. The lowest BCUT2D eigenvalue weighted by Gasteiger charge is -2.06. The monoisotopic (exact) mass is 397 g/mol. The second kappa shape index (κ2) is 7.20. The molecular formula is C18H12BrN3O3. The summed E-state index contributed by atoms with van der Waals surface area (Å²) < 4.78 is 5.66. The first-order chi connectivity index (χ1) is 12.1. The molecule has 0 aliphatic rings. The average molecular weight is 398 g/mol. The minimum absolute atomic E-state index is 0.0730. The van der Waals surface area contributed by atoms with Gasteiger partial charge >= 0.3 is 5.97 Å². The van der Waals surface area contributed by atoms with Gasteiger partial charge in [0.2, 0.25) is 0 Å². The van der Waals surface area contributed by atoms with Gasteiger partial charge in [0.15, 0.2) is 11.6 Å². The molecule has 2 aromatic carbocycles. The van der Waals surface area contributed by atoms with Gasteiger partial charge in [-0.25, -0.2) is 9.78 Å². The molecule has 0 aliphatic carbocycles. The van der Waals surface area contributed by atoms with Crippen molar-refractivity contribution in [1.82, 2.24) is 9.97 Å². The fraction of sp³-hybridized carbons (Fsp3) is 0.0556. The number of H-pyrrole nitrogens is 1. The van der Waals surface area contributed by atoms with E-state index in [1.54, 1.807) is 30.3 Å². The van der Waals surface area contributed by atoms with Crippen molar-refractivity contribution in [2.24, 2.45) is 0 Å². The Labute approximate surface area is 151 Å². The number of para-hydroxylation sites is 2. The number of halogens is 1. The van der Waals surface area contributed by atoms with Crippen LogP contribution >= 0.6 is 15.9 Å². The Hall–Kier alpha value is -3.11. The van der Waals surface area contributed by atoms with Gasteiger partial charge in [0.1, 0.15) is 18.2 Å². The highest BCUT2D eigenvalue weighted by Crippen LogP contribution is 2.20. The van der Waals surface area contributed by atoms with Crippen molar-refractivity contribution in [3.63, 3.8) is 0 Å². The number of fused-ring (bicyclic) bond motifs is 1. The zero-order valence-electron chi connectivity index (χ0n) is 12.9. The topological polar surface area (TPSA) is 99.0 Å². The summed E-state index contributed by atoms with van der Waals surface area (Å²) in [6.07, 6.45) is 0. The molecule has 25 heavy (non-hydrogen) atoms. The van der Waals surface area contributed by atoms with Crippen molar-refractivity contribution in [2.45, 2.75) is 0 Å². The number of nitrogens with one attached hydrogen (secondary N) is 1. The van der Waals surface area contributed by atoms with E-state index >= 15 is 0 Å². The standard InChI is InChI=1S/C18H12BrN3O3/c19-13-6-2-1-5-11(13)18(24)25-10-16(23)12(9-20)17-21-14-7-3-4-8-15(14)22-17/h1-8,23H,10H2,(H,21,22). The summed E-state index contributed by atoms with van der Waals surface area (Å²) in [5.74, 6) is -0.763. The second-order valence-electron chi connectivity index (χ2n) is 5.09. The number of carbonyl (C=O) groups excluding carboxylic acids is 1. The van der Waals surface area contributed by atoms with Crippen molar-refractivity contribution < 1.29 is 14.6 Å². The Kier molecular flexibility index (Phi) is 4.82. The third kappa shape index (κ3) is 3.54. The number of esters is 1. The molecular weight excluding hydrogens is 386 g/mol. The van der Waals surface area contributed by atoms with Crippen molar-refractivity contribution in [3.05, 3.63) is 70.2 Å². The number of hydrogen-bond acceptors (Lipinski definition) is 5. The zero-order valence-corrected chi connectivity index (χ0v) is 14.4. The van der Waals surface area contributed by atoms with Gasteiger partial charge in [-0.05, 0) is 40.2 Å². The van der Waals surface area contributed by atoms with Crippen LogP contribution in [-0.4, -0.2) is 27.7 Å². The number of imidazole rings is 1. The molecule has 2 N–H and O–H groups in total. The summed E-state index contributed by atoms with van der Waals surface area (Å²) in [5.41, 5.74) is 1.67. The number of hydrogen-bond donors (Lipinski definition) is 2. The normalized spacial score (nSPS) is 11.7. The molecule has 1 heterocycles. The van der Waals surface area contributed by atoms with Crippen LogP contribution < -0.4 is 0 Å². The van der Waals surface area contributed by atoms with Gasteiger partial charge in [-0.3, -0.25) is 0 Å². The Bertz CT molecular complexity index is 985. The molecule has 0 radical (unpaired) electrons. The minimum Gasteiger partial charge on any atom is -0.507 e. The summed E-state index contributed by atoms with van der Waals surface area (Å²) >= 11 is 3.26. The Balaban J connectivity index is 1.81. The number of aromatic amines is 1. The summed E-state index contributed by atoms with van der Waals surface area (Å²) in [6.45, 7) is -0.430. The number of carbonyl (C=O) groups is 1. The predicted molar refractivity (Wildman–Crippen MR) is 95.7 cm³/mol. The Morgan fingerprint density at radius 2 is 1.96 bits per heavy atom. The first kappa shape index (κ1) is 16.7. The van der Waals surface area contributed by atoms with E-state index in [0.717, 1.165) is 5.52 Å². The molecule has 0 fully saturated rings. The van der Waals surface area contributed by atoms with Crippen LogP contribution in [0.1, 0.15) is 16.2 Å². The van der Waals surface area contributed by atoms with Crippen LogP contribution in [0.5, 0.6) is 0 Å². The average Bonchev–Trinajstić information content (AvgIpc) is 3.04. The number of rotatable bonds is 4. The van der Waals surface area contributed by atoms with Crippen LogP contribution in [0.4, 0.5) is 0 Å². The third-order valence-corrected chi connectivity index (χ3v) is 4.15. The second-order valence-corrected chi connectivity index (χ2v) is 5.95. The first-order valence-corrected chi connectivity index (χ1v) is 8.08. The number of aromatic nitrogens is 2. The number of benzene rings is 2. The van der Waals surface area contributed by atoms with Crippen LogP contribution in [0.2, 0.25) is 0 Å². The van der Waals surface area contributed by atoms with Crippen LogP contribution in [-0.2, 0) is 4.74 Å². The van der Waals surface area contributed by atoms with Crippen molar-refractivity contribution >= 4 is 38.5 Å². The minimum atomic E-state index is -0.610. The SMILES string of the molecule is N#CC(=C(O)COC(=O)c1ccccc1Br)c1nc2ccccc2[nH]1. The highest BCUT2D eigenvalue weighted by Gasteiger charge is 2.16. The molecule has 0 bridgehead atoms. The van der Waals surface area contributed by atoms with Gasteiger partial charge in [0.05, 0.1) is 16.6 Å². The number of ether oxygens (including phenoxy) is 1. The molecule has 0 saturated heterocycles. The molecule has 3 rings (SSSR count).